The molecule has 2 aromatic carbocycles. The maximum atomic E-state index is 3.85. The summed E-state index contributed by atoms with van der Waals surface area (Å²) in [7, 11) is 0. The molecule has 72 valence electrons. The van der Waals surface area contributed by atoms with Crippen molar-refractivity contribution in [3.8, 4) is 0 Å². The van der Waals surface area contributed by atoms with E-state index in [0.717, 1.165) is 13.1 Å². The number of nitrogens with two attached hydrogens (primary N) is 1. The monoisotopic (exact) mass is 188 g/mol. The molecule has 0 atom stereocenters. The molecule has 0 saturated carbocycles. The van der Waals surface area contributed by atoms with Gasteiger partial charge in [0.2, 0.25) is 0 Å². The van der Waals surface area contributed by atoms with E-state index in [4.69, 9.17) is 0 Å². The van der Waals surface area contributed by atoms with Crippen LogP contribution in [0.25, 0.3) is 10.8 Å². The first-order valence-electron chi connectivity index (χ1n) is 5.02. The second-order valence-electron chi connectivity index (χ2n) is 3.41. The third-order valence-electron chi connectivity index (χ3n) is 2.39. The summed E-state index contributed by atoms with van der Waals surface area (Å²) in [4.78, 5) is 0. The second kappa shape index (κ2) is 4.22. The van der Waals surface area contributed by atoms with Crippen molar-refractivity contribution in [1.29, 1.82) is 0 Å². The standard InChI is InChI=1S/C12H14N2/c13-8-9-14-12-7-3-5-10-4-1-2-6-11(10)12/h1-7,14H,8-9,13H2/p+2. The van der Waals surface area contributed by atoms with E-state index in [0.29, 0.717) is 0 Å². The Bertz CT molecular complexity index is 418. The molecule has 0 spiro atoms. The van der Waals surface area contributed by atoms with Crippen molar-refractivity contribution in [2.24, 2.45) is 0 Å². The summed E-state index contributed by atoms with van der Waals surface area (Å²) in [5, 5.41) is 4.91. The maximum absolute atomic E-state index is 3.85. The summed E-state index contributed by atoms with van der Waals surface area (Å²) in [5.74, 6) is 0. The van der Waals surface area contributed by atoms with Gasteiger partial charge in [-0.1, -0.05) is 30.3 Å². The molecular weight excluding hydrogens is 172 g/mol. The van der Waals surface area contributed by atoms with Gasteiger partial charge in [0.1, 0.15) is 18.8 Å². The fourth-order valence-corrected chi connectivity index (χ4v) is 1.69. The molecule has 0 heterocycles. The van der Waals surface area contributed by atoms with Crippen molar-refractivity contribution in [3.05, 3.63) is 42.5 Å². The molecule has 0 aliphatic rings. The minimum Gasteiger partial charge on any atom is -0.353 e. The predicted octanol–water partition coefficient (Wildman–Crippen LogP) is 0.277. The van der Waals surface area contributed by atoms with Crippen LogP contribution in [0.2, 0.25) is 0 Å². The minimum atomic E-state index is 0.962. The summed E-state index contributed by atoms with van der Waals surface area (Å²) >= 11 is 0. The third-order valence-corrected chi connectivity index (χ3v) is 2.39. The molecule has 2 rings (SSSR count). The first kappa shape index (κ1) is 9.19. The number of rotatable bonds is 3. The molecule has 2 nitrogen and oxygen atoms in total. The zero-order valence-electron chi connectivity index (χ0n) is 8.24. The van der Waals surface area contributed by atoms with Crippen LogP contribution in [-0.2, 0) is 0 Å². The van der Waals surface area contributed by atoms with Crippen LogP contribution in [-0.4, -0.2) is 13.1 Å². The predicted molar refractivity (Wildman–Crippen MR) is 58.2 cm³/mol. The molecule has 2 aromatic rings. The van der Waals surface area contributed by atoms with Crippen molar-refractivity contribution in [2.75, 3.05) is 13.1 Å². The molecule has 0 unspecified atom stereocenters. The van der Waals surface area contributed by atoms with Gasteiger partial charge in [0.05, 0.1) is 0 Å². The molecule has 2 heteroatoms. The number of quaternary nitrogens is 2. The highest BCUT2D eigenvalue weighted by atomic mass is 14.9. The van der Waals surface area contributed by atoms with Gasteiger partial charge in [-0.2, -0.15) is 0 Å². The van der Waals surface area contributed by atoms with Gasteiger partial charge >= 0.3 is 0 Å². The summed E-state index contributed by atoms with van der Waals surface area (Å²) in [5.41, 5.74) is 5.18. The van der Waals surface area contributed by atoms with Crippen LogP contribution in [0.5, 0.6) is 0 Å². The summed E-state index contributed by atoms with van der Waals surface area (Å²) < 4.78 is 0. The van der Waals surface area contributed by atoms with Gasteiger partial charge in [0, 0.05) is 5.39 Å². The minimum absolute atomic E-state index is 0.962. The molecular formula is C12H16N2+2. The SMILES string of the molecule is [NH3+]CC[NH2+]c1cccc2ccccc12. The number of hydrogen-bond acceptors (Lipinski definition) is 0. The lowest BCUT2D eigenvalue weighted by atomic mass is 10.1. The Morgan fingerprint density at radius 1 is 1.00 bits per heavy atom. The van der Waals surface area contributed by atoms with Gasteiger partial charge in [-0.3, -0.25) is 0 Å². The molecule has 5 N–H and O–H groups in total. The first-order valence-corrected chi connectivity index (χ1v) is 5.02. The summed E-state index contributed by atoms with van der Waals surface area (Å²) in [6, 6.07) is 14.9. The Hall–Kier alpha value is -1.38. The Balaban J connectivity index is 2.43. The van der Waals surface area contributed by atoms with Crippen molar-refractivity contribution >= 4 is 16.5 Å². The Kier molecular flexibility index (Phi) is 2.77. The van der Waals surface area contributed by atoms with E-state index in [2.05, 4.69) is 53.5 Å². The van der Waals surface area contributed by atoms with Gasteiger partial charge < -0.3 is 11.1 Å². The highest BCUT2D eigenvalue weighted by Crippen LogP contribution is 2.18. The quantitative estimate of drug-likeness (QED) is 0.650. The average molecular weight is 188 g/mol. The average Bonchev–Trinajstić information content (AvgIpc) is 2.26. The first-order chi connectivity index (χ1) is 6.92. The molecule has 0 saturated heterocycles. The van der Waals surface area contributed by atoms with Crippen molar-refractivity contribution < 1.29 is 11.1 Å². The van der Waals surface area contributed by atoms with E-state index >= 15 is 0 Å². The molecule has 0 fully saturated rings. The molecule has 0 aromatic heterocycles. The van der Waals surface area contributed by atoms with E-state index in [1.165, 1.54) is 16.5 Å². The van der Waals surface area contributed by atoms with Crippen LogP contribution in [0.3, 0.4) is 0 Å². The van der Waals surface area contributed by atoms with Gasteiger partial charge in [0.25, 0.3) is 0 Å². The normalized spacial score (nSPS) is 10.6. The fraction of sp³-hybridized carbons (Fsp3) is 0.167. The lowest BCUT2D eigenvalue weighted by molar-refractivity contribution is -0.594. The van der Waals surface area contributed by atoms with Gasteiger partial charge in [0.15, 0.2) is 0 Å². The van der Waals surface area contributed by atoms with E-state index in [-0.39, 0.29) is 0 Å². The third kappa shape index (κ3) is 1.76. The van der Waals surface area contributed by atoms with E-state index in [9.17, 15) is 0 Å². The topological polar surface area (TPSA) is 44.2 Å². The van der Waals surface area contributed by atoms with E-state index in [1.807, 2.05) is 0 Å². The van der Waals surface area contributed by atoms with Crippen LogP contribution < -0.4 is 11.1 Å². The lowest BCUT2D eigenvalue weighted by Gasteiger charge is -2.02. The van der Waals surface area contributed by atoms with Crippen molar-refractivity contribution in [1.82, 2.24) is 0 Å². The summed E-state index contributed by atoms with van der Waals surface area (Å²) in [6.45, 7) is 2.01. The molecule has 0 radical (unpaired) electrons. The summed E-state index contributed by atoms with van der Waals surface area (Å²) in [6.07, 6.45) is 0. The van der Waals surface area contributed by atoms with Gasteiger partial charge in [-0.05, 0) is 17.5 Å². The fourth-order valence-electron chi connectivity index (χ4n) is 1.69. The van der Waals surface area contributed by atoms with E-state index in [1.54, 1.807) is 0 Å². The maximum Gasteiger partial charge on any atom is 0.137 e. The zero-order chi connectivity index (χ0) is 9.80. The van der Waals surface area contributed by atoms with Crippen LogP contribution in [0, 0.1) is 0 Å². The Morgan fingerprint density at radius 2 is 1.79 bits per heavy atom. The van der Waals surface area contributed by atoms with Crippen LogP contribution in [0.4, 0.5) is 5.69 Å². The van der Waals surface area contributed by atoms with Crippen molar-refractivity contribution in [3.63, 3.8) is 0 Å². The number of benzene rings is 2. The zero-order valence-corrected chi connectivity index (χ0v) is 8.24. The van der Waals surface area contributed by atoms with Gasteiger partial charge in [-0.15, -0.1) is 0 Å². The van der Waals surface area contributed by atoms with Crippen molar-refractivity contribution in [2.45, 2.75) is 0 Å². The van der Waals surface area contributed by atoms with Crippen LogP contribution >= 0.6 is 0 Å². The Morgan fingerprint density at radius 3 is 2.64 bits per heavy atom. The molecule has 14 heavy (non-hydrogen) atoms. The largest absolute Gasteiger partial charge is 0.353 e. The lowest BCUT2D eigenvalue weighted by Crippen LogP contribution is -2.82. The smallest absolute Gasteiger partial charge is 0.137 e. The van der Waals surface area contributed by atoms with Gasteiger partial charge in [-0.25, -0.2) is 0 Å². The van der Waals surface area contributed by atoms with Crippen LogP contribution in [0.15, 0.2) is 42.5 Å². The molecule has 0 bridgehead atoms. The van der Waals surface area contributed by atoms with E-state index < -0.39 is 0 Å². The highest BCUT2D eigenvalue weighted by molar-refractivity contribution is 5.90. The second-order valence-corrected chi connectivity index (χ2v) is 3.41. The molecule has 0 aliphatic heterocycles. The van der Waals surface area contributed by atoms with Crippen LogP contribution in [0.1, 0.15) is 0 Å². The molecule has 0 aliphatic carbocycles. The number of fused-ring (bicyclic) bond motifs is 1. The number of hydrogen-bond donors (Lipinski definition) is 2. The Labute approximate surface area is 83.7 Å². The molecule has 0 amide bonds. The highest BCUT2D eigenvalue weighted by Gasteiger charge is 2.02.